The van der Waals surface area contributed by atoms with Gasteiger partial charge in [0.15, 0.2) is 0 Å². The highest BCUT2D eigenvalue weighted by molar-refractivity contribution is 5.83. The minimum atomic E-state index is -0.140. The van der Waals surface area contributed by atoms with Crippen molar-refractivity contribution >= 4 is 0 Å². The molecule has 0 N–H and O–H groups in total. The Morgan fingerprint density at radius 1 is 0.469 bits per heavy atom. The number of fused-ring (bicyclic) bond motifs is 3. The highest BCUT2D eigenvalue weighted by Crippen LogP contribution is 2.51. The standard InChI is InChI=1S/C28H20.2C2H6/c1-28(26-13-7-5-11-24(26)25-12-6-8-14-27(25)28)23-19-17-22(18-20-23)16-15-21-9-3-2-4-10-21;2*1-2/h2-14,17-20H,1H3;2*1-2H3. The maximum atomic E-state index is 3.28. The Morgan fingerprint density at radius 2 is 0.875 bits per heavy atom. The summed E-state index contributed by atoms with van der Waals surface area (Å²) in [6.07, 6.45) is 0. The van der Waals surface area contributed by atoms with Crippen molar-refractivity contribution in [3.05, 3.63) is 131 Å². The molecular weight excluding hydrogens is 384 g/mol. The van der Waals surface area contributed by atoms with Crippen molar-refractivity contribution in [3.8, 4) is 23.0 Å². The van der Waals surface area contributed by atoms with Crippen LogP contribution in [-0.4, -0.2) is 0 Å². The first kappa shape index (κ1) is 23.1. The number of rotatable bonds is 1. The van der Waals surface area contributed by atoms with Gasteiger partial charge >= 0.3 is 0 Å². The predicted octanol–water partition coefficient (Wildman–Crippen LogP) is 8.47. The quantitative estimate of drug-likeness (QED) is 0.273. The lowest BCUT2D eigenvalue weighted by Crippen LogP contribution is -2.22. The van der Waals surface area contributed by atoms with Crippen LogP contribution in [0.2, 0.25) is 0 Å². The average molecular weight is 417 g/mol. The molecule has 0 radical (unpaired) electrons. The molecule has 0 fully saturated rings. The van der Waals surface area contributed by atoms with Crippen molar-refractivity contribution in [3.63, 3.8) is 0 Å². The lowest BCUT2D eigenvalue weighted by atomic mass is 9.74. The van der Waals surface area contributed by atoms with E-state index >= 15 is 0 Å². The zero-order chi connectivity index (χ0) is 23.0. The van der Waals surface area contributed by atoms with Gasteiger partial charge in [-0.05, 0) is 59.0 Å². The summed E-state index contributed by atoms with van der Waals surface area (Å²) in [7, 11) is 0. The molecule has 0 aromatic heterocycles. The number of hydrogen-bond donors (Lipinski definition) is 0. The molecule has 0 unspecified atom stereocenters. The van der Waals surface area contributed by atoms with E-state index < -0.39 is 0 Å². The average Bonchev–Trinajstić information content (AvgIpc) is 3.16. The van der Waals surface area contributed by atoms with Gasteiger partial charge in [0, 0.05) is 16.5 Å². The Hall–Kier alpha value is -3.56. The topological polar surface area (TPSA) is 0 Å². The Bertz CT molecular complexity index is 1160. The monoisotopic (exact) mass is 416 g/mol. The van der Waals surface area contributed by atoms with Gasteiger partial charge in [-0.3, -0.25) is 0 Å². The molecule has 0 bridgehead atoms. The zero-order valence-electron chi connectivity index (χ0n) is 19.8. The van der Waals surface area contributed by atoms with Gasteiger partial charge in [-0.2, -0.15) is 0 Å². The third-order valence-corrected chi connectivity index (χ3v) is 5.81. The van der Waals surface area contributed by atoms with Crippen molar-refractivity contribution in [2.45, 2.75) is 40.0 Å². The molecule has 4 aromatic carbocycles. The second-order valence-electron chi connectivity index (χ2n) is 7.41. The fourth-order valence-electron chi connectivity index (χ4n) is 4.32. The maximum absolute atomic E-state index is 3.28. The van der Waals surface area contributed by atoms with Crippen LogP contribution < -0.4 is 0 Å². The summed E-state index contributed by atoms with van der Waals surface area (Å²) in [5.74, 6) is 6.52. The highest BCUT2D eigenvalue weighted by atomic mass is 14.4. The molecule has 0 aliphatic heterocycles. The van der Waals surface area contributed by atoms with Crippen LogP contribution in [0.5, 0.6) is 0 Å². The first-order valence-electron chi connectivity index (χ1n) is 11.6. The van der Waals surface area contributed by atoms with Crippen LogP contribution in [0.4, 0.5) is 0 Å². The van der Waals surface area contributed by atoms with Crippen LogP contribution >= 0.6 is 0 Å². The Kier molecular flexibility index (Phi) is 7.69. The number of hydrogen-bond acceptors (Lipinski definition) is 0. The van der Waals surface area contributed by atoms with E-state index in [2.05, 4.69) is 91.6 Å². The number of benzene rings is 4. The molecule has 0 nitrogen and oxygen atoms in total. The molecule has 0 saturated heterocycles. The summed E-state index contributed by atoms with van der Waals surface area (Å²) in [6.45, 7) is 10.3. The SMILES string of the molecule is CC.CC.CC1(c2ccc(C#Cc3ccccc3)cc2)c2ccccc2-c2ccccc21. The molecular formula is C32H32. The van der Waals surface area contributed by atoms with Crippen LogP contribution in [0.3, 0.4) is 0 Å². The smallest absolute Gasteiger partial charge is 0.0435 e. The lowest BCUT2D eigenvalue weighted by molar-refractivity contribution is 0.714. The van der Waals surface area contributed by atoms with Crippen LogP contribution in [0.15, 0.2) is 103 Å². The van der Waals surface area contributed by atoms with Gasteiger partial charge in [0.25, 0.3) is 0 Å². The van der Waals surface area contributed by atoms with Crippen LogP contribution in [0, 0.1) is 11.8 Å². The Balaban J connectivity index is 0.000000686. The van der Waals surface area contributed by atoms with Crippen LogP contribution in [0.25, 0.3) is 11.1 Å². The molecule has 32 heavy (non-hydrogen) atoms. The Labute approximate surface area is 194 Å². The molecule has 4 aromatic rings. The van der Waals surface area contributed by atoms with Crippen LogP contribution in [0.1, 0.15) is 62.4 Å². The van der Waals surface area contributed by atoms with Crippen molar-refractivity contribution in [2.24, 2.45) is 0 Å². The largest absolute Gasteiger partial charge is 0.0683 e. The molecule has 0 atom stereocenters. The van der Waals surface area contributed by atoms with Gasteiger partial charge in [-0.15, -0.1) is 0 Å². The molecule has 0 heterocycles. The third-order valence-electron chi connectivity index (χ3n) is 5.81. The molecule has 0 amide bonds. The Morgan fingerprint density at radius 3 is 1.38 bits per heavy atom. The molecule has 0 saturated carbocycles. The molecule has 1 aliphatic carbocycles. The van der Waals surface area contributed by atoms with Gasteiger partial charge in [0.1, 0.15) is 0 Å². The van der Waals surface area contributed by atoms with E-state index in [1.165, 1.54) is 27.8 Å². The van der Waals surface area contributed by atoms with E-state index in [1.807, 2.05) is 58.0 Å². The molecule has 0 spiro atoms. The van der Waals surface area contributed by atoms with E-state index in [1.54, 1.807) is 0 Å². The van der Waals surface area contributed by atoms with E-state index in [-0.39, 0.29) is 5.41 Å². The minimum Gasteiger partial charge on any atom is -0.0683 e. The van der Waals surface area contributed by atoms with Gasteiger partial charge < -0.3 is 0 Å². The van der Waals surface area contributed by atoms with Gasteiger partial charge in [-0.1, -0.05) is 118 Å². The first-order chi connectivity index (χ1) is 15.8. The predicted molar refractivity (Wildman–Crippen MR) is 139 cm³/mol. The van der Waals surface area contributed by atoms with E-state index in [0.717, 1.165) is 11.1 Å². The molecule has 5 rings (SSSR count). The van der Waals surface area contributed by atoms with Crippen molar-refractivity contribution in [2.75, 3.05) is 0 Å². The minimum absolute atomic E-state index is 0.140. The van der Waals surface area contributed by atoms with Gasteiger partial charge in [0.05, 0.1) is 0 Å². The second kappa shape index (κ2) is 10.7. The van der Waals surface area contributed by atoms with Gasteiger partial charge in [0.2, 0.25) is 0 Å². The van der Waals surface area contributed by atoms with E-state index in [4.69, 9.17) is 0 Å². The first-order valence-corrected chi connectivity index (χ1v) is 11.6. The summed E-state index contributed by atoms with van der Waals surface area (Å²) in [5, 5.41) is 0. The van der Waals surface area contributed by atoms with E-state index in [9.17, 15) is 0 Å². The van der Waals surface area contributed by atoms with Crippen LogP contribution in [-0.2, 0) is 5.41 Å². The fourth-order valence-corrected chi connectivity index (χ4v) is 4.32. The second-order valence-corrected chi connectivity index (χ2v) is 7.41. The summed E-state index contributed by atoms with van der Waals surface area (Å²) >= 11 is 0. The fraction of sp³-hybridized carbons (Fsp3) is 0.188. The lowest BCUT2D eigenvalue weighted by Gasteiger charge is -2.28. The molecule has 1 aliphatic rings. The van der Waals surface area contributed by atoms with Gasteiger partial charge in [-0.25, -0.2) is 0 Å². The summed E-state index contributed by atoms with van der Waals surface area (Å²) in [6, 6.07) is 36.4. The normalized spacial score (nSPS) is 11.9. The highest BCUT2D eigenvalue weighted by Gasteiger charge is 2.40. The zero-order valence-corrected chi connectivity index (χ0v) is 19.8. The molecule has 160 valence electrons. The summed E-state index contributed by atoms with van der Waals surface area (Å²) in [5.41, 5.74) is 8.67. The van der Waals surface area contributed by atoms with Crippen molar-refractivity contribution < 1.29 is 0 Å². The molecule has 0 heteroatoms. The van der Waals surface area contributed by atoms with E-state index in [0.29, 0.717) is 0 Å². The van der Waals surface area contributed by atoms with Crippen molar-refractivity contribution in [1.29, 1.82) is 0 Å². The van der Waals surface area contributed by atoms with Crippen molar-refractivity contribution in [1.82, 2.24) is 0 Å². The maximum Gasteiger partial charge on any atom is 0.0435 e. The summed E-state index contributed by atoms with van der Waals surface area (Å²) < 4.78 is 0. The summed E-state index contributed by atoms with van der Waals surface area (Å²) in [4.78, 5) is 0. The third kappa shape index (κ3) is 4.25.